The molecule has 0 saturated heterocycles. The van der Waals surface area contributed by atoms with E-state index in [4.69, 9.17) is 4.74 Å². The van der Waals surface area contributed by atoms with Crippen molar-refractivity contribution < 1.29 is 14.4 Å². The quantitative estimate of drug-likeness (QED) is 0.880. The standard InChI is InChI=1S/C19H24N3O2/c1-24-17-10-8-15(9-11-17)19(23)14-21-13-5-12-20-18(21)22(19)16-6-3-2-4-7-16/h5,8-13,16,23H,2-4,6-7,14H2,1H3/q+1. The molecule has 0 bridgehead atoms. The van der Waals surface area contributed by atoms with Crippen molar-refractivity contribution >= 4 is 5.95 Å². The Morgan fingerprint density at radius 1 is 1.21 bits per heavy atom. The number of aliphatic hydroxyl groups is 1. The molecular weight excluding hydrogens is 302 g/mol. The summed E-state index contributed by atoms with van der Waals surface area (Å²) in [6.45, 7) is 0.499. The van der Waals surface area contributed by atoms with Crippen molar-refractivity contribution in [1.82, 2.24) is 4.98 Å². The third-order valence-corrected chi connectivity index (χ3v) is 5.30. The van der Waals surface area contributed by atoms with E-state index in [0.29, 0.717) is 12.6 Å². The van der Waals surface area contributed by atoms with Crippen LogP contribution >= 0.6 is 0 Å². The number of hydrogen-bond acceptors (Lipinski definition) is 4. The molecule has 0 amide bonds. The number of anilines is 1. The highest BCUT2D eigenvalue weighted by atomic mass is 16.5. The zero-order valence-corrected chi connectivity index (χ0v) is 14.1. The third kappa shape index (κ3) is 2.44. The van der Waals surface area contributed by atoms with Crippen LogP contribution in [0.1, 0.15) is 37.7 Å². The first-order valence-electron chi connectivity index (χ1n) is 8.73. The van der Waals surface area contributed by atoms with Gasteiger partial charge in [-0.15, -0.1) is 0 Å². The summed E-state index contributed by atoms with van der Waals surface area (Å²) in [4.78, 5) is 6.72. The lowest BCUT2D eigenvalue weighted by Crippen LogP contribution is -2.51. The van der Waals surface area contributed by atoms with E-state index in [1.54, 1.807) is 13.3 Å². The van der Waals surface area contributed by atoms with Crippen molar-refractivity contribution in [3.63, 3.8) is 0 Å². The van der Waals surface area contributed by atoms with Gasteiger partial charge in [0.15, 0.2) is 0 Å². The van der Waals surface area contributed by atoms with E-state index in [9.17, 15) is 5.11 Å². The lowest BCUT2D eigenvalue weighted by Gasteiger charge is -2.36. The maximum Gasteiger partial charge on any atom is 0.397 e. The number of fused-ring (bicyclic) bond motifs is 1. The minimum absolute atomic E-state index is 0.328. The largest absolute Gasteiger partial charge is 0.497 e. The molecule has 1 aliphatic heterocycles. The van der Waals surface area contributed by atoms with Crippen LogP contribution in [0.5, 0.6) is 5.75 Å². The van der Waals surface area contributed by atoms with Crippen LogP contribution in [0, 0.1) is 0 Å². The molecule has 2 heterocycles. The van der Waals surface area contributed by atoms with Gasteiger partial charge in [-0.1, -0.05) is 24.2 Å². The lowest BCUT2D eigenvalue weighted by atomic mass is 9.91. The summed E-state index contributed by atoms with van der Waals surface area (Å²) in [5.41, 5.74) is -0.172. The highest BCUT2D eigenvalue weighted by Crippen LogP contribution is 2.39. The second kappa shape index (κ2) is 6.06. The Kier molecular flexibility index (Phi) is 3.88. The van der Waals surface area contributed by atoms with E-state index in [1.165, 1.54) is 19.3 Å². The van der Waals surface area contributed by atoms with Crippen LogP contribution in [0.2, 0.25) is 0 Å². The van der Waals surface area contributed by atoms with Gasteiger partial charge in [0.1, 0.15) is 18.5 Å². The van der Waals surface area contributed by atoms with Gasteiger partial charge in [-0.3, -0.25) is 0 Å². The highest BCUT2D eigenvalue weighted by molar-refractivity contribution is 5.41. The zero-order valence-electron chi connectivity index (χ0n) is 14.1. The van der Waals surface area contributed by atoms with Gasteiger partial charge in [-0.05, 0) is 37.1 Å². The van der Waals surface area contributed by atoms with E-state index < -0.39 is 5.72 Å². The summed E-state index contributed by atoms with van der Waals surface area (Å²) >= 11 is 0. The van der Waals surface area contributed by atoms with Crippen molar-refractivity contribution in [3.05, 3.63) is 48.3 Å². The SMILES string of the molecule is COc1ccc(C2(O)C[n+]3cccnc3N2C2CCCCC2)cc1. The molecule has 1 aromatic carbocycles. The second-order valence-electron chi connectivity index (χ2n) is 6.75. The number of rotatable bonds is 3. The van der Waals surface area contributed by atoms with Crippen molar-refractivity contribution in [2.24, 2.45) is 0 Å². The summed E-state index contributed by atoms with van der Waals surface area (Å²) < 4.78 is 7.31. The molecule has 0 radical (unpaired) electrons. The predicted octanol–water partition coefficient (Wildman–Crippen LogP) is 2.38. The Morgan fingerprint density at radius 2 is 1.96 bits per heavy atom. The van der Waals surface area contributed by atoms with Crippen molar-refractivity contribution in [2.75, 3.05) is 12.0 Å². The van der Waals surface area contributed by atoms with Crippen molar-refractivity contribution in [1.29, 1.82) is 0 Å². The third-order valence-electron chi connectivity index (χ3n) is 5.30. The molecule has 5 nitrogen and oxygen atoms in total. The van der Waals surface area contributed by atoms with E-state index in [2.05, 4.69) is 14.5 Å². The van der Waals surface area contributed by atoms with Gasteiger partial charge in [0.2, 0.25) is 5.72 Å². The Hall–Kier alpha value is -2.14. The van der Waals surface area contributed by atoms with E-state index in [1.807, 2.05) is 36.5 Å². The van der Waals surface area contributed by atoms with Crippen LogP contribution in [0.25, 0.3) is 0 Å². The fourth-order valence-corrected chi connectivity index (χ4v) is 4.09. The maximum absolute atomic E-state index is 11.7. The second-order valence-corrected chi connectivity index (χ2v) is 6.75. The molecule has 1 aromatic heterocycles. The van der Waals surface area contributed by atoms with Crippen LogP contribution in [-0.2, 0) is 12.3 Å². The number of nitrogens with zero attached hydrogens (tertiary/aromatic N) is 3. The number of methoxy groups -OCH3 is 1. The van der Waals surface area contributed by atoms with Crippen LogP contribution in [0.4, 0.5) is 5.95 Å². The van der Waals surface area contributed by atoms with Crippen molar-refractivity contribution in [2.45, 2.75) is 50.4 Å². The number of aromatic nitrogens is 2. The Labute approximate surface area is 142 Å². The fourth-order valence-electron chi connectivity index (χ4n) is 4.09. The molecule has 1 saturated carbocycles. The van der Waals surface area contributed by atoms with Crippen LogP contribution < -0.4 is 14.2 Å². The topological polar surface area (TPSA) is 49.5 Å². The fraction of sp³-hybridized carbons (Fsp3) is 0.474. The minimum Gasteiger partial charge on any atom is -0.497 e. The number of hydrogen-bond donors (Lipinski definition) is 1. The van der Waals surface area contributed by atoms with Gasteiger partial charge in [0, 0.05) is 11.6 Å². The van der Waals surface area contributed by atoms with Gasteiger partial charge in [-0.2, -0.15) is 0 Å². The molecule has 5 heteroatoms. The van der Waals surface area contributed by atoms with E-state index in [0.717, 1.165) is 30.1 Å². The summed E-state index contributed by atoms with van der Waals surface area (Å²) in [5.74, 6) is 1.66. The molecule has 24 heavy (non-hydrogen) atoms. The summed E-state index contributed by atoms with van der Waals surface area (Å²) in [5, 5.41) is 11.7. The molecule has 1 fully saturated rings. The first-order chi connectivity index (χ1) is 11.7. The molecule has 1 aliphatic carbocycles. The molecule has 0 spiro atoms. The summed E-state index contributed by atoms with van der Waals surface area (Å²) in [7, 11) is 1.66. The van der Waals surface area contributed by atoms with Crippen LogP contribution in [0.3, 0.4) is 0 Å². The zero-order chi connectivity index (χ0) is 16.6. The average Bonchev–Trinajstić information content (AvgIpc) is 2.95. The molecular formula is C19H24N3O2+. The van der Waals surface area contributed by atoms with Gasteiger partial charge >= 0.3 is 5.95 Å². The Bertz CT molecular complexity index is 713. The first-order valence-corrected chi connectivity index (χ1v) is 8.73. The summed E-state index contributed by atoms with van der Waals surface area (Å²) in [6.07, 6.45) is 9.73. The number of benzene rings is 1. The average molecular weight is 326 g/mol. The molecule has 4 rings (SSSR count). The molecule has 2 aromatic rings. The minimum atomic E-state index is -1.06. The monoisotopic (exact) mass is 326 g/mol. The summed E-state index contributed by atoms with van der Waals surface area (Å²) in [6, 6.07) is 9.99. The maximum atomic E-state index is 11.7. The Balaban J connectivity index is 1.77. The smallest absolute Gasteiger partial charge is 0.397 e. The molecule has 126 valence electrons. The lowest BCUT2D eigenvalue weighted by molar-refractivity contribution is -0.685. The first kappa shape index (κ1) is 15.4. The van der Waals surface area contributed by atoms with E-state index in [-0.39, 0.29) is 0 Å². The molecule has 1 atom stereocenters. The highest BCUT2D eigenvalue weighted by Gasteiger charge is 2.54. The van der Waals surface area contributed by atoms with Crippen LogP contribution in [-0.4, -0.2) is 23.2 Å². The van der Waals surface area contributed by atoms with Gasteiger partial charge in [0.05, 0.1) is 19.3 Å². The Morgan fingerprint density at radius 3 is 2.67 bits per heavy atom. The van der Waals surface area contributed by atoms with Gasteiger partial charge in [0.25, 0.3) is 0 Å². The number of ether oxygens (including phenoxy) is 1. The predicted molar refractivity (Wildman–Crippen MR) is 90.7 cm³/mol. The van der Waals surface area contributed by atoms with Gasteiger partial charge in [-0.25, -0.2) is 9.47 Å². The normalized spacial score (nSPS) is 24.0. The molecule has 2 aliphatic rings. The van der Waals surface area contributed by atoms with Crippen molar-refractivity contribution in [3.8, 4) is 5.75 Å². The molecule has 1 unspecified atom stereocenters. The van der Waals surface area contributed by atoms with E-state index >= 15 is 0 Å². The van der Waals surface area contributed by atoms with Gasteiger partial charge < -0.3 is 9.84 Å². The van der Waals surface area contributed by atoms with Crippen LogP contribution in [0.15, 0.2) is 42.7 Å². The molecule has 1 N–H and O–H groups in total.